The van der Waals surface area contributed by atoms with Crippen molar-refractivity contribution in [3.63, 3.8) is 0 Å². The highest BCUT2D eigenvalue weighted by Crippen LogP contribution is 2.21. The summed E-state index contributed by atoms with van der Waals surface area (Å²) in [7, 11) is 0. The normalized spacial score (nSPS) is 20.2. The molecule has 1 aliphatic heterocycles. The maximum absolute atomic E-state index is 12.5. The second-order valence-electron chi connectivity index (χ2n) is 5.48. The molecule has 0 bridgehead atoms. The number of nitrogens with zero attached hydrogens (tertiary/aromatic N) is 1. The molecule has 5 heteroatoms. The van der Waals surface area contributed by atoms with Crippen molar-refractivity contribution in [1.82, 2.24) is 4.90 Å². The molecular weight excluding hydrogens is 387 g/mol. The van der Waals surface area contributed by atoms with Crippen molar-refractivity contribution in [3.05, 3.63) is 32.9 Å². The summed E-state index contributed by atoms with van der Waals surface area (Å²) in [6.07, 6.45) is 2.19. The fourth-order valence-electron chi connectivity index (χ4n) is 2.53. The van der Waals surface area contributed by atoms with Gasteiger partial charge in [0.1, 0.15) is 0 Å². The minimum Gasteiger partial charge on any atom is -0.338 e. The molecule has 1 fully saturated rings. The molecule has 3 nitrogen and oxygen atoms in total. The molecule has 2 atom stereocenters. The van der Waals surface area contributed by atoms with E-state index in [-0.39, 0.29) is 24.4 Å². The van der Waals surface area contributed by atoms with Crippen molar-refractivity contribution in [3.8, 4) is 0 Å². The van der Waals surface area contributed by atoms with Crippen LogP contribution >= 0.6 is 35.0 Å². The van der Waals surface area contributed by atoms with Gasteiger partial charge in [-0.2, -0.15) is 0 Å². The van der Waals surface area contributed by atoms with Gasteiger partial charge in [0.15, 0.2) is 0 Å². The fourth-order valence-corrected chi connectivity index (χ4v) is 3.05. The van der Waals surface area contributed by atoms with Crippen molar-refractivity contribution in [1.29, 1.82) is 0 Å². The third-order valence-electron chi connectivity index (χ3n) is 3.91. The maximum Gasteiger partial charge on any atom is 0.253 e. The molecule has 1 amide bonds. The molecule has 2 N–H and O–H groups in total. The molecule has 112 valence electrons. The highest BCUT2D eigenvalue weighted by Gasteiger charge is 2.26. The van der Waals surface area contributed by atoms with E-state index in [0.717, 1.165) is 35.1 Å². The predicted molar refractivity (Wildman–Crippen MR) is 93.4 cm³/mol. The lowest BCUT2D eigenvalue weighted by atomic mass is 9.92. The van der Waals surface area contributed by atoms with Crippen LogP contribution in [0.3, 0.4) is 0 Å². The van der Waals surface area contributed by atoms with Crippen LogP contribution in [0.15, 0.2) is 18.2 Å². The highest BCUT2D eigenvalue weighted by molar-refractivity contribution is 14.1. The highest BCUT2D eigenvalue weighted by atomic mass is 127. The van der Waals surface area contributed by atoms with Crippen LogP contribution in [0, 0.1) is 16.4 Å². The van der Waals surface area contributed by atoms with Gasteiger partial charge < -0.3 is 10.6 Å². The van der Waals surface area contributed by atoms with E-state index in [1.165, 1.54) is 5.56 Å². The lowest BCUT2D eigenvalue weighted by Crippen LogP contribution is -2.45. The minimum atomic E-state index is 0. The molecule has 20 heavy (non-hydrogen) atoms. The molecule has 1 aromatic rings. The molecule has 0 saturated carbocycles. The van der Waals surface area contributed by atoms with E-state index in [1.54, 1.807) is 0 Å². The van der Waals surface area contributed by atoms with Crippen molar-refractivity contribution >= 4 is 40.9 Å². The number of hydrogen-bond donors (Lipinski definition) is 1. The van der Waals surface area contributed by atoms with E-state index in [2.05, 4.69) is 29.5 Å². The van der Waals surface area contributed by atoms with Crippen LogP contribution in [0.2, 0.25) is 0 Å². The number of piperidine rings is 1. The summed E-state index contributed by atoms with van der Waals surface area (Å²) in [5.74, 6) is 0.575. The van der Waals surface area contributed by atoms with E-state index < -0.39 is 0 Å². The van der Waals surface area contributed by atoms with Gasteiger partial charge in [-0.1, -0.05) is 6.07 Å². The Kier molecular flexibility index (Phi) is 6.75. The van der Waals surface area contributed by atoms with E-state index >= 15 is 0 Å². The van der Waals surface area contributed by atoms with Gasteiger partial charge in [0.2, 0.25) is 0 Å². The Labute approximate surface area is 140 Å². The summed E-state index contributed by atoms with van der Waals surface area (Å²) in [6.45, 7) is 5.74. The number of aryl methyl sites for hydroxylation is 1. The Bertz CT molecular complexity index is 479. The number of carbonyl (C=O) groups excluding carboxylic acids is 1. The Morgan fingerprint density at radius 3 is 2.80 bits per heavy atom. The van der Waals surface area contributed by atoms with E-state index in [0.29, 0.717) is 5.92 Å². The minimum absolute atomic E-state index is 0. The van der Waals surface area contributed by atoms with Crippen LogP contribution in [-0.4, -0.2) is 29.9 Å². The first-order valence-electron chi connectivity index (χ1n) is 6.80. The van der Waals surface area contributed by atoms with Gasteiger partial charge in [0.25, 0.3) is 5.91 Å². The van der Waals surface area contributed by atoms with Gasteiger partial charge in [-0.15, -0.1) is 12.4 Å². The molecular formula is C15H22ClIN2O. The maximum atomic E-state index is 12.5. The Hall–Kier alpha value is -0.330. The van der Waals surface area contributed by atoms with Crippen LogP contribution in [0.25, 0.3) is 0 Å². The number of rotatable bonds is 2. The third kappa shape index (κ3) is 4.09. The average Bonchev–Trinajstić information content (AvgIpc) is 2.41. The Morgan fingerprint density at radius 1 is 1.50 bits per heavy atom. The number of carbonyl (C=O) groups is 1. The first kappa shape index (κ1) is 17.7. The zero-order valence-electron chi connectivity index (χ0n) is 11.9. The first-order valence-corrected chi connectivity index (χ1v) is 7.88. The number of amides is 1. The second kappa shape index (κ2) is 7.61. The predicted octanol–water partition coefficient (Wildman–Crippen LogP) is 3.22. The van der Waals surface area contributed by atoms with Gasteiger partial charge >= 0.3 is 0 Å². The van der Waals surface area contributed by atoms with Crippen molar-refractivity contribution < 1.29 is 4.79 Å². The summed E-state index contributed by atoms with van der Waals surface area (Å²) in [6, 6.07) is 6.08. The summed E-state index contributed by atoms with van der Waals surface area (Å²) < 4.78 is 1.14. The molecule has 0 aromatic heterocycles. The number of halogens is 2. The topological polar surface area (TPSA) is 46.3 Å². The molecule has 0 aliphatic carbocycles. The zero-order chi connectivity index (χ0) is 14.0. The lowest BCUT2D eigenvalue weighted by molar-refractivity contribution is 0.0661. The molecule has 2 unspecified atom stereocenters. The van der Waals surface area contributed by atoms with Crippen molar-refractivity contribution in [2.45, 2.75) is 32.7 Å². The molecule has 1 saturated heterocycles. The monoisotopic (exact) mass is 408 g/mol. The molecule has 1 aliphatic rings. The lowest BCUT2D eigenvalue weighted by Gasteiger charge is -2.34. The van der Waals surface area contributed by atoms with Gasteiger partial charge in [0, 0.05) is 28.3 Å². The summed E-state index contributed by atoms with van der Waals surface area (Å²) in [5, 5.41) is 0. The molecule has 0 radical (unpaired) electrons. The molecule has 2 rings (SSSR count). The van der Waals surface area contributed by atoms with Crippen molar-refractivity contribution in [2.75, 3.05) is 13.1 Å². The van der Waals surface area contributed by atoms with Crippen molar-refractivity contribution in [2.24, 2.45) is 11.7 Å². The van der Waals surface area contributed by atoms with Gasteiger partial charge in [-0.25, -0.2) is 0 Å². The third-order valence-corrected chi connectivity index (χ3v) is 5.07. The van der Waals surface area contributed by atoms with Crippen LogP contribution in [0.5, 0.6) is 0 Å². The molecule has 0 spiro atoms. The zero-order valence-corrected chi connectivity index (χ0v) is 14.9. The largest absolute Gasteiger partial charge is 0.338 e. The van der Waals surface area contributed by atoms with Crippen LogP contribution in [0.1, 0.15) is 35.7 Å². The summed E-state index contributed by atoms with van der Waals surface area (Å²) >= 11 is 2.28. The van der Waals surface area contributed by atoms with E-state index in [1.807, 2.05) is 30.0 Å². The first-order chi connectivity index (χ1) is 8.99. The quantitative estimate of drug-likeness (QED) is 0.764. The second-order valence-corrected chi connectivity index (χ2v) is 6.64. The molecule has 1 heterocycles. The average molecular weight is 409 g/mol. The Balaban J connectivity index is 0.00000200. The number of nitrogens with two attached hydrogens (primary N) is 1. The Morgan fingerprint density at radius 2 is 2.20 bits per heavy atom. The van der Waals surface area contributed by atoms with E-state index in [4.69, 9.17) is 5.73 Å². The number of likely N-dealkylation sites (tertiary alicyclic amines) is 1. The SMILES string of the molecule is Cc1ccc(C(=O)N2CCCC(C(C)N)C2)cc1I.Cl. The van der Waals surface area contributed by atoms with Crippen LogP contribution < -0.4 is 5.73 Å². The van der Waals surface area contributed by atoms with Gasteiger partial charge in [0.05, 0.1) is 0 Å². The van der Waals surface area contributed by atoms with Gasteiger partial charge in [-0.3, -0.25) is 4.79 Å². The summed E-state index contributed by atoms with van der Waals surface area (Å²) in [5.41, 5.74) is 7.98. The smallest absolute Gasteiger partial charge is 0.253 e. The number of hydrogen-bond acceptors (Lipinski definition) is 2. The van der Waals surface area contributed by atoms with Gasteiger partial charge in [-0.05, 0) is 72.9 Å². The van der Waals surface area contributed by atoms with Crippen LogP contribution in [-0.2, 0) is 0 Å². The van der Waals surface area contributed by atoms with Crippen LogP contribution in [0.4, 0.5) is 0 Å². The standard InChI is InChI=1S/C15H21IN2O.ClH/c1-10-5-6-12(8-14(10)16)15(19)18-7-3-4-13(9-18)11(2)17;/h5-6,8,11,13H,3-4,7,9,17H2,1-2H3;1H. The molecule has 1 aromatic carbocycles. The number of benzene rings is 1. The van der Waals surface area contributed by atoms with E-state index in [9.17, 15) is 4.79 Å². The summed E-state index contributed by atoms with van der Waals surface area (Å²) in [4.78, 5) is 14.5. The fraction of sp³-hybridized carbons (Fsp3) is 0.533.